The van der Waals surface area contributed by atoms with Crippen molar-refractivity contribution < 1.29 is 4.74 Å². The first-order valence-corrected chi connectivity index (χ1v) is 11.9. The van der Waals surface area contributed by atoms with Crippen molar-refractivity contribution in [3.05, 3.63) is 48.2 Å². The molecule has 2 rings (SSSR count). The number of ether oxygens (including phenoxy) is 1. The summed E-state index contributed by atoms with van der Waals surface area (Å²) >= 11 is 0. The number of hydrogen-bond donors (Lipinski definition) is 0. The zero-order valence-corrected chi connectivity index (χ0v) is 19.0. The fraction of sp³-hybridized carbons (Fsp3) is 0.593. The lowest BCUT2D eigenvalue weighted by Gasteiger charge is -2.14. The number of para-hydroxylation sites is 1. The molecule has 1 unspecified atom stereocenters. The van der Waals surface area contributed by atoms with Crippen LogP contribution in [0.3, 0.4) is 0 Å². The Kier molecular flexibility index (Phi) is 11.5. The van der Waals surface area contributed by atoms with Crippen molar-refractivity contribution in [3.63, 3.8) is 0 Å². The Hall–Kier alpha value is -1.83. The number of pyridine rings is 1. The Morgan fingerprint density at radius 1 is 0.862 bits per heavy atom. The number of hydrogen-bond acceptors (Lipinski definition) is 2. The van der Waals surface area contributed by atoms with Gasteiger partial charge in [0.2, 0.25) is 0 Å². The molecule has 1 aromatic carbocycles. The Labute approximate surface area is 179 Å². The second-order valence-electron chi connectivity index (χ2n) is 8.45. The monoisotopic (exact) mass is 395 g/mol. The van der Waals surface area contributed by atoms with Crippen molar-refractivity contribution in [1.29, 1.82) is 0 Å². The topological polar surface area (TPSA) is 22.1 Å². The highest BCUT2D eigenvalue weighted by atomic mass is 16.5. The molecule has 1 atom stereocenters. The molecule has 160 valence electrons. The number of benzene rings is 1. The van der Waals surface area contributed by atoms with Crippen LogP contribution in [-0.2, 0) is 6.42 Å². The molecule has 2 heteroatoms. The van der Waals surface area contributed by atoms with Crippen molar-refractivity contribution in [2.75, 3.05) is 6.61 Å². The van der Waals surface area contributed by atoms with Crippen molar-refractivity contribution in [2.24, 2.45) is 5.92 Å². The minimum Gasteiger partial charge on any atom is -0.493 e. The quantitative estimate of drug-likeness (QED) is 0.283. The Morgan fingerprint density at radius 2 is 1.55 bits per heavy atom. The molecule has 0 bridgehead atoms. The van der Waals surface area contributed by atoms with E-state index in [1.54, 1.807) is 0 Å². The SMILES string of the molecule is CCCCCCCCCCCc1ccnc(-c2ccccc2OCC(C)CC)c1. The van der Waals surface area contributed by atoms with E-state index in [-0.39, 0.29) is 0 Å². The molecule has 0 spiro atoms. The number of rotatable bonds is 15. The number of unbranched alkanes of at least 4 members (excludes halogenated alkanes) is 8. The average Bonchev–Trinajstić information content (AvgIpc) is 2.76. The molecule has 0 aliphatic heterocycles. The first-order chi connectivity index (χ1) is 14.2. The summed E-state index contributed by atoms with van der Waals surface area (Å²) in [6, 6.07) is 12.7. The van der Waals surface area contributed by atoms with E-state index >= 15 is 0 Å². The Morgan fingerprint density at radius 3 is 2.28 bits per heavy atom. The summed E-state index contributed by atoms with van der Waals surface area (Å²) < 4.78 is 6.10. The van der Waals surface area contributed by atoms with Crippen molar-refractivity contribution in [2.45, 2.75) is 91.4 Å². The van der Waals surface area contributed by atoms with Crippen molar-refractivity contribution >= 4 is 0 Å². The van der Waals surface area contributed by atoms with Crippen LogP contribution in [0.25, 0.3) is 11.3 Å². The molecular formula is C27H41NO. The highest BCUT2D eigenvalue weighted by molar-refractivity contribution is 5.67. The summed E-state index contributed by atoms with van der Waals surface area (Å²) in [6.07, 6.45) is 16.6. The maximum Gasteiger partial charge on any atom is 0.128 e. The van der Waals surface area contributed by atoms with Gasteiger partial charge in [-0.15, -0.1) is 0 Å². The molecule has 0 radical (unpaired) electrons. The zero-order valence-electron chi connectivity index (χ0n) is 19.0. The number of aromatic nitrogens is 1. The number of aryl methyl sites for hydroxylation is 1. The van der Waals surface area contributed by atoms with Gasteiger partial charge in [-0.3, -0.25) is 4.98 Å². The van der Waals surface area contributed by atoms with Gasteiger partial charge in [-0.25, -0.2) is 0 Å². The third-order valence-electron chi connectivity index (χ3n) is 5.78. The van der Waals surface area contributed by atoms with E-state index in [1.807, 2.05) is 12.3 Å². The second kappa shape index (κ2) is 14.2. The van der Waals surface area contributed by atoms with Gasteiger partial charge < -0.3 is 4.74 Å². The molecule has 1 aromatic heterocycles. The molecule has 0 aliphatic rings. The second-order valence-corrected chi connectivity index (χ2v) is 8.45. The summed E-state index contributed by atoms with van der Waals surface area (Å²) in [5.74, 6) is 1.51. The van der Waals surface area contributed by atoms with Crippen LogP contribution >= 0.6 is 0 Å². The van der Waals surface area contributed by atoms with E-state index < -0.39 is 0 Å². The summed E-state index contributed by atoms with van der Waals surface area (Å²) in [6.45, 7) is 7.47. The van der Waals surface area contributed by atoms with E-state index in [4.69, 9.17) is 4.74 Å². The minimum atomic E-state index is 0.564. The van der Waals surface area contributed by atoms with Crippen molar-refractivity contribution in [3.8, 4) is 17.0 Å². The molecule has 0 amide bonds. The normalized spacial score (nSPS) is 12.1. The first-order valence-electron chi connectivity index (χ1n) is 11.9. The molecule has 1 heterocycles. The van der Waals surface area contributed by atoms with Gasteiger partial charge >= 0.3 is 0 Å². The van der Waals surface area contributed by atoms with E-state index in [9.17, 15) is 0 Å². The third kappa shape index (κ3) is 9.02. The molecule has 0 fully saturated rings. The van der Waals surface area contributed by atoms with E-state index in [1.165, 1.54) is 63.4 Å². The average molecular weight is 396 g/mol. The van der Waals surface area contributed by atoms with Crippen LogP contribution in [0.2, 0.25) is 0 Å². The van der Waals surface area contributed by atoms with E-state index in [2.05, 4.69) is 56.1 Å². The van der Waals surface area contributed by atoms with Gasteiger partial charge in [0.25, 0.3) is 0 Å². The van der Waals surface area contributed by atoms with Gasteiger partial charge in [0.05, 0.1) is 12.3 Å². The van der Waals surface area contributed by atoms with Crippen LogP contribution in [0.5, 0.6) is 5.75 Å². The largest absolute Gasteiger partial charge is 0.493 e. The maximum atomic E-state index is 6.10. The Bertz CT molecular complexity index is 682. The summed E-state index contributed by atoms with van der Waals surface area (Å²) in [5, 5.41) is 0. The molecule has 2 nitrogen and oxygen atoms in total. The lowest BCUT2D eigenvalue weighted by Crippen LogP contribution is -2.08. The van der Waals surface area contributed by atoms with E-state index in [0.717, 1.165) is 36.5 Å². The summed E-state index contributed by atoms with van der Waals surface area (Å²) in [7, 11) is 0. The molecule has 2 aromatic rings. The van der Waals surface area contributed by atoms with Crippen LogP contribution in [0, 0.1) is 5.92 Å². The van der Waals surface area contributed by atoms with E-state index in [0.29, 0.717) is 5.92 Å². The molecule has 0 saturated heterocycles. The first kappa shape index (κ1) is 23.4. The fourth-order valence-corrected chi connectivity index (χ4v) is 3.57. The predicted molar refractivity (Wildman–Crippen MR) is 126 cm³/mol. The minimum absolute atomic E-state index is 0.564. The highest BCUT2D eigenvalue weighted by Crippen LogP contribution is 2.29. The van der Waals surface area contributed by atoms with Crippen LogP contribution in [0.1, 0.15) is 90.5 Å². The number of nitrogens with zero attached hydrogens (tertiary/aromatic N) is 1. The molecule has 0 N–H and O–H groups in total. The lowest BCUT2D eigenvalue weighted by atomic mass is 10.0. The van der Waals surface area contributed by atoms with Gasteiger partial charge in [0.1, 0.15) is 5.75 Å². The van der Waals surface area contributed by atoms with Crippen LogP contribution in [-0.4, -0.2) is 11.6 Å². The van der Waals surface area contributed by atoms with Gasteiger partial charge in [0, 0.05) is 11.8 Å². The third-order valence-corrected chi connectivity index (χ3v) is 5.78. The van der Waals surface area contributed by atoms with Crippen molar-refractivity contribution in [1.82, 2.24) is 4.98 Å². The fourth-order valence-electron chi connectivity index (χ4n) is 3.57. The smallest absolute Gasteiger partial charge is 0.128 e. The zero-order chi connectivity index (χ0) is 20.7. The van der Waals surface area contributed by atoms with Gasteiger partial charge in [0.15, 0.2) is 0 Å². The lowest BCUT2D eigenvalue weighted by molar-refractivity contribution is 0.257. The summed E-state index contributed by atoms with van der Waals surface area (Å²) in [4.78, 5) is 4.63. The summed E-state index contributed by atoms with van der Waals surface area (Å²) in [5.41, 5.74) is 3.51. The maximum absolute atomic E-state index is 6.10. The molecular weight excluding hydrogens is 354 g/mol. The Balaban J connectivity index is 1.82. The van der Waals surface area contributed by atoms with Gasteiger partial charge in [-0.1, -0.05) is 90.7 Å². The van der Waals surface area contributed by atoms with Crippen LogP contribution < -0.4 is 4.74 Å². The van der Waals surface area contributed by atoms with Crippen LogP contribution in [0.15, 0.2) is 42.6 Å². The van der Waals surface area contributed by atoms with Crippen LogP contribution in [0.4, 0.5) is 0 Å². The molecule has 0 saturated carbocycles. The van der Waals surface area contributed by atoms with Gasteiger partial charge in [-0.05, 0) is 48.6 Å². The van der Waals surface area contributed by atoms with Gasteiger partial charge in [-0.2, -0.15) is 0 Å². The molecule has 29 heavy (non-hydrogen) atoms. The molecule has 0 aliphatic carbocycles. The predicted octanol–water partition coefficient (Wildman–Crippen LogP) is 8.25. The highest BCUT2D eigenvalue weighted by Gasteiger charge is 2.09. The standard InChI is InChI=1S/C27H41NO/c1-4-6-7-8-9-10-11-12-13-16-24-19-20-28-26(21-24)25-17-14-15-18-27(25)29-22-23(3)5-2/h14-15,17-21,23H,4-13,16,22H2,1-3H3.